The second-order valence-electron chi connectivity index (χ2n) is 5.80. The Hall–Kier alpha value is -1.11. The molecule has 1 fully saturated rings. The number of anilines is 1. The fourth-order valence-electron chi connectivity index (χ4n) is 2.91. The molecule has 1 aromatic rings. The van der Waals surface area contributed by atoms with Crippen LogP contribution >= 0.6 is 0 Å². The van der Waals surface area contributed by atoms with Gasteiger partial charge in [-0.1, -0.05) is 12.1 Å². The zero-order valence-corrected chi connectivity index (χ0v) is 13.8. The van der Waals surface area contributed by atoms with Gasteiger partial charge in [0.2, 0.25) is 10.0 Å². The summed E-state index contributed by atoms with van der Waals surface area (Å²) in [5, 5.41) is 3.40. The lowest BCUT2D eigenvalue weighted by molar-refractivity contribution is 0.197. The monoisotopic (exact) mass is 311 g/mol. The summed E-state index contributed by atoms with van der Waals surface area (Å²) in [5.74, 6) is 0.536. The van der Waals surface area contributed by atoms with Crippen molar-refractivity contribution in [1.29, 1.82) is 0 Å². The number of nitrogens with zero attached hydrogens (tertiary/aromatic N) is 1. The first kappa shape index (κ1) is 16.3. The Bertz CT molecular complexity index is 574. The largest absolute Gasteiger partial charge is 0.381 e. The van der Waals surface area contributed by atoms with Gasteiger partial charge in [0.25, 0.3) is 0 Å². The third-order valence-electron chi connectivity index (χ3n) is 4.20. The number of benzene rings is 1. The van der Waals surface area contributed by atoms with Crippen LogP contribution in [0.4, 0.5) is 5.69 Å². The fourth-order valence-corrected chi connectivity index (χ4v) is 3.80. The maximum Gasteiger partial charge on any atom is 0.242 e. The third-order valence-corrected chi connectivity index (χ3v) is 5.67. The van der Waals surface area contributed by atoms with Crippen molar-refractivity contribution in [2.45, 2.75) is 30.7 Å². The summed E-state index contributed by atoms with van der Waals surface area (Å²) in [5.41, 5.74) is 0.674. The number of para-hydroxylation sites is 1. The van der Waals surface area contributed by atoms with E-state index in [1.807, 2.05) is 12.1 Å². The van der Waals surface area contributed by atoms with Gasteiger partial charge in [-0.25, -0.2) is 13.1 Å². The molecule has 118 valence electrons. The molecule has 0 amide bonds. The Balaban J connectivity index is 2.16. The van der Waals surface area contributed by atoms with Crippen LogP contribution in [0.25, 0.3) is 0 Å². The molecule has 2 unspecified atom stereocenters. The molecule has 1 heterocycles. The molecule has 1 saturated heterocycles. The minimum atomic E-state index is -3.44. The Morgan fingerprint density at radius 3 is 2.71 bits per heavy atom. The summed E-state index contributed by atoms with van der Waals surface area (Å²) < 4.78 is 26.5. The number of piperidine rings is 1. The maximum absolute atomic E-state index is 12.1. The van der Waals surface area contributed by atoms with Crippen LogP contribution in [0.3, 0.4) is 0 Å². The highest BCUT2D eigenvalue weighted by Crippen LogP contribution is 2.25. The minimum absolute atomic E-state index is 0.237. The van der Waals surface area contributed by atoms with E-state index in [2.05, 4.69) is 28.9 Å². The number of likely N-dealkylation sites (tertiary alicyclic amines) is 1. The topological polar surface area (TPSA) is 61.4 Å². The molecule has 2 atom stereocenters. The molecule has 2 N–H and O–H groups in total. The van der Waals surface area contributed by atoms with Crippen LogP contribution in [0.1, 0.15) is 19.8 Å². The van der Waals surface area contributed by atoms with Crippen LogP contribution in [0.2, 0.25) is 0 Å². The summed E-state index contributed by atoms with van der Waals surface area (Å²) in [6.45, 7) is 4.33. The lowest BCUT2D eigenvalue weighted by Gasteiger charge is -2.34. The smallest absolute Gasteiger partial charge is 0.242 e. The van der Waals surface area contributed by atoms with Gasteiger partial charge in [0, 0.05) is 12.6 Å². The molecule has 1 aromatic carbocycles. The average molecular weight is 311 g/mol. The molecular weight excluding hydrogens is 286 g/mol. The van der Waals surface area contributed by atoms with E-state index in [1.165, 1.54) is 19.9 Å². The van der Waals surface area contributed by atoms with Crippen molar-refractivity contribution in [3.63, 3.8) is 0 Å². The van der Waals surface area contributed by atoms with Crippen LogP contribution in [0.15, 0.2) is 29.2 Å². The van der Waals surface area contributed by atoms with Gasteiger partial charge in [-0.15, -0.1) is 0 Å². The summed E-state index contributed by atoms with van der Waals surface area (Å²) in [6.07, 6.45) is 2.38. The Morgan fingerprint density at radius 2 is 2.05 bits per heavy atom. The van der Waals surface area contributed by atoms with Gasteiger partial charge < -0.3 is 10.2 Å². The number of sulfonamides is 1. The normalized spacial score (nSPS) is 22.0. The Kier molecular flexibility index (Phi) is 5.24. The Labute approximate surface area is 127 Å². The van der Waals surface area contributed by atoms with E-state index in [1.54, 1.807) is 12.1 Å². The van der Waals surface area contributed by atoms with Gasteiger partial charge in [0.15, 0.2) is 0 Å². The minimum Gasteiger partial charge on any atom is -0.381 e. The van der Waals surface area contributed by atoms with E-state index in [4.69, 9.17) is 0 Å². The van der Waals surface area contributed by atoms with Crippen LogP contribution in [0, 0.1) is 5.92 Å². The summed E-state index contributed by atoms with van der Waals surface area (Å²) >= 11 is 0. The van der Waals surface area contributed by atoms with Gasteiger partial charge in [0.05, 0.1) is 5.69 Å². The average Bonchev–Trinajstić information content (AvgIpc) is 2.47. The summed E-state index contributed by atoms with van der Waals surface area (Å²) in [6, 6.07) is 7.30. The summed E-state index contributed by atoms with van der Waals surface area (Å²) in [7, 11) is 0.134. The van der Waals surface area contributed by atoms with Gasteiger partial charge in [-0.05, 0) is 58.5 Å². The third kappa shape index (κ3) is 3.96. The molecule has 0 aromatic heterocycles. The molecule has 2 rings (SSSR count). The molecule has 1 aliphatic rings. The van der Waals surface area contributed by atoms with Crippen LogP contribution < -0.4 is 10.0 Å². The molecule has 5 nitrogen and oxygen atoms in total. The first-order valence-electron chi connectivity index (χ1n) is 7.41. The van der Waals surface area contributed by atoms with E-state index >= 15 is 0 Å². The van der Waals surface area contributed by atoms with Crippen LogP contribution in [-0.2, 0) is 10.0 Å². The number of nitrogens with one attached hydrogen (secondary N) is 2. The summed E-state index contributed by atoms with van der Waals surface area (Å²) in [4.78, 5) is 2.64. The predicted octanol–water partition coefficient (Wildman–Crippen LogP) is 1.74. The van der Waals surface area contributed by atoms with Crippen LogP contribution in [-0.4, -0.2) is 46.5 Å². The molecule has 0 aliphatic carbocycles. The molecule has 21 heavy (non-hydrogen) atoms. The quantitative estimate of drug-likeness (QED) is 0.869. The zero-order valence-electron chi connectivity index (χ0n) is 13.0. The lowest BCUT2D eigenvalue weighted by Crippen LogP contribution is -2.40. The highest BCUT2D eigenvalue weighted by molar-refractivity contribution is 7.89. The molecular formula is C15H25N3O2S. The van der Waals surface area contributed by atoms with Crippen molar-refractivity contribution in [3.8, 4) is 0 Å². The number of rotatable bonds is 5. The predicted molar refractivity (Wildman–Crippen MR) is 86.0 cm³/mol. The SMILES string of the molecule is CNS(=O)(=O)c1ccccc1NC(C)C1CCCN(C)C1. The van der Waals surface area contributed by atoms with E-state index in [0.29, 0.717) is 16.5 Å². The maximum atomic E-state index is 12.1. The van der Waals surface area contributed by atoms with Gasteiger partial charge in [-0.2, -0.15) is 0 Å². The molecule has 0 radical (unpaired) electrons. The van der Waals surface area contributed by atoms with Crippen LogP contribution in [0.5, 0.6) is 0 Å². The van der Waals surface area contributed by atoms with E-state index in [9.17, 15) is 8.42 Å². The highest BCUT2D eigenvalue weighted by Gasteiger charge is 2.24. The highest BCUT2D eigenvalue weighted by atomic mass is 32.2. The molecule has 0 saturated carbocycles. The van der Waals surface area contributed by atoms with E-state index in [0.717, 1.165) is 13.1 Å². The fraction of sp³-hybridized carbons (Fsp3) is 0.600. The van der Waals surface area contributed by atoms with Crippen molar-refractivity contribution < 1.29 is 8.42 Å². The van der Waals surface area contributed by atoms with Crippen molar-refractivity contribution in [3.05, 3.63) is 24.3 Å². The number of hydrogen-bond donors (Lipinski definition) is 2. The molecule has 1 aliphatic heterocycles. The van der Waals surface area contributed by atoms with Gasteiger partial charge >= 0.3 is 0 Å². The van der Waals surface area contributed by atoms with E-state index in [-0.39, 0.29) is 6.04 Å². The van der Waals surface area contributed by atoms with Crippen molar-refractivity contribution in [2.75, 3.05) is 32.5 Å². The zero-order chi connectivity index (χ0) is 15.5. The van der Waals surface area contributed by atoms with Crippen molar-refractivity contribution in [1.82, 2.24) is 9.62 Å². The standard InChI is InChI=1S/C15H25N3O2S/c1-12(13-7-6-10-18(3)11-13)17-14-8-4-5-9-15(14)21(19,20)16-2/h4-5,8-9,12-13,16-17H,6-7,10-11H2,1-3H3. The molecule has 0 spiro atoms. The van der Waals surface area contributed by atoms with Gasteiger partial charge in [-0.3, -0.25) is 0 Å². The first-order valence-corrected chi connectivity index (χ1v) is 8.90. The van der Waals surface area contributed by atoms with Gasteiger partial charge in [0.1, 0.15) is 4.90 Å². The van der Waals surface area contributed by atoms with E-state index < -0.39 is 10.0 Å². The first-order chi connectivity index (χ1) is 9.94. The second-order valence-corrected chi connectivity index (χ2v) is 7.66. The molecule has 6 heteroatoms. The second kappa shape index (κ2) is 6.77. The molecule has 0 bridgehead atoms. The van der Waals surface area contributed by atoms with Crippen molar-refractivity contribution in [2.24, 2.45) is 5.92 Å². The Morgan fingerprint density at radius 1 is 1.33 bits per heavy atom. The van der Waals surface area contributed by atoms with Crippen molar-refractivity contribution >= 4 is 15.7 Å². The lowest BCUT2D eigenvalue weighted by atomic mass is 9.92. The number of hydrogen-bond acceptors (Lipinski definition) is 4.